The van der Waals surface area contributed by atoms with Crippen molar-refractivity contribution in [3.63, 3.8) is 0 Å². The molecule has 146 valence electrons. The van der Waals surface area contributed by atoms with Crippen molar-refractivity contribution >= 4 is 46.5 Å². The molecule has 0 amide bonds. The summed E-state index contributed by atoms with van der Waals surface area (Å²) in [4.78, 5) is 10.1. The predicted molar refractivity (Wildman–Crippen MR) is 106 cm³/mol. The summed E-state index contributed by atoms with van der Waals surface area (Å²) in [5.41, 5.74) is 1.84. The first-order chi connectivity index (χ1) is 13.7. The second-order valence-electron chi connectivity index (χ2n) is 5.83. The van der Waals surface area contributed by atoms with Crippen LogP contribution in [0.3, 0.4) is 0 Å². The number of aliphatic imine (C=N–C) groups is 1. The zero-order valence-electron chi connectivity index (χ0n) is 14.7. The highest BCUT2D eigenvalue weighted by Gasteiger charge is 2.22. The van der Waals surface area contributed by atoms with Crippen LogP contribution in [-0.2, 0) is 4.74 Å². The molecule has 0 atom stereocenters. The van der Waals surface area contributed by atoms with E-state index in [1.807, 2.05) is 34.7 Å². The lowest BCUT2D eigenvalue weighted by Crippen LogP contribution is -2.62. The third-order valence-corrected chi connectivity index (χ3v) is 6.16. The zero-order valence-corrected chi connectivity index (χ0v) is 17.0. The molecule has 3 aromatic rings. The molecule has 1 saturated heterocycles. The SMILES string of the molecule is [O-]/C(CSc1nc(-c2ccc(Cl)cc2)cs1)=N/c1c[n+](N2CCOCC2)no1. The van der Waals surface area contributed by atoms with E-state index < -0.39 is 0 Å². The van der Waals surface area contributed by atoms with Gasteiger partial charge in [-0.25, -0.2) is 9.98 Å². The maximum atomic E-state index is 12.1. The van der Waals surface area contributed by atoms with Crippen LogP contribution < -0.4 is 14.9 Å². The molecule has 1 fully saturated rings. The average molecular weight is 438 g/mol. The number of aromatic nitrogens is 3. The molecule has 1 aliphatic rings. The molecule has 2 aromatic heterocycles. The quantitative estimate of drug-likeness (QED) is 0.252. The van der Waals surface area contributed by atoms with Gasteiger partial charge in [-0.1, -0.05) is 35.5 Å². The Morgan fingerprint density at radius 3 is 2.89 bits per heavy atom. The van der Waals surface area contributed by atoms with E-state index in [-0.39, 0.29) is 17.5 Å². The largest absolute Gasteiger partial charge is 0.861 e. The predicted octanol–water partition coefficient (Wildman–Crippen LogP) is 1.89. The molecule has 0 bridgehead atoms. The Bertz CT molecular complexity index is 954. The van der Waals surface area contributed by atoms with Crippen molar-refractivity contribution < 1.29 is 19.2 Å². The van der Waals surface area contributed by atoms with E-state index in [0.29, 0.717) is 31.3 Å². The molecule has 0 aliphatic carbocycles. The third-order valence-electron chi connectivity index (χ3n) is 3.90. The number of nitrogens with zero attached hydrogens (tertiary/aromatic N) is 5. The smallest absolute Gasteiger partial charge is 0.324 e. The van der Waals surface area contributed by atoms with Crippen LogP contribution in [0, 0.1) is 0 Å². The Morgan fingerprint density at radius 1 is 1.32 bits per heavy atom. The first-order valence-corrected chi connectivity index (χ1v) is 10.7. The number of rotatable bonds is 6. The first-order valence-electron chi connectivity index (χ1n) is 8.48. The average Bonchev–Trinajstić information content (AvgIpc) is 3.37. The van der Waals surface area contributed by atoms with Gasteiger partial charge in [-0.2, -0.15) is 0 Å². The van der Waals surface area contributed by atoms with Crippen molar-refractivity contribution in [1.82, 2.24) is 10.3 Å². The normalized spacial score (nSPS) is 15.2. The van der Waals surface area contributed by atoms with Gasteiger partial charge in [0.15, 0.2) is 4.34 Å². The van der Waals surface area contributed by atoms with Crippen LogP contribution in [0.25, 0.3) is 11.3 Å². The monoisotopic (exact) mass is 437 g/mol. The molecule has 0 saturated carbocycles. The molecular weight excluding hydrogens is 422 g/mol. The van der Waals surface area contributed by atoms with E-state index in [0.717, 1.165) is 15.6 Å². The summed E-state index contributed by atoms with van der Waals surface area (Å²) in [6, 6.07) is 7.48. The van der Waals surface area contributed by atoms with Crippen molar-refractivity contribution in [2.24, 2.45) is 4.99 Å². The molecule has 28 heavy (non-hydrogen) atoms. The van der Waals surface area contributed by atoms with Gasteiger partial charge in [0, 0.05) is 21.7 Å². The van der Waals surface area contributed by atoms with E-state index in [1.54, 1.807) is 11.0 Å². The van der Waals surface area contributed by atoms with Gasteiger partial charge in [-0.05, 0) is 18.0 Å². The lowest BCUT2D eigenvalue weighted by molar-refractivity contribution is -0.759. The molecule has 4 rings (SSSR count). The fraction of sp³-hybridized carbons (Fsp3) is 0.294. The molecule has 0 N–H and O–H groups in total. The van der Waals surface area contributed by atoms with E-state index in [2.05, 4.69) is 15.2 Å². The van der Waals surface area contributed by atoms with Crippen LogP contribution in [-0.4, -0.2) is 48.2 Å². The van der Waals surface area contributed by atoms with Crippen LogP contribution in [0.2, 0.25) is 5.02 Å². The number of thioether (sulfide) groups is 1. The van der Waals surface area contributed by atoms with Crippen molar-refractivity contribution in [2.45, 2.75) is 4.34 Å². The summed E-state index contributed by atoms with van der Waals surface area (Å²) in [5, 5.41) is 20.6. The number of morpholine rings is 1. The number of benzene rings is 1. The van der Waals surface area contributed by atoms with Crippen LogP contribution in [0.4, 0.5) is 5.88 Å². The summed E-state index contributed by atoms with van der Waals surface area (Å²) in [7, 11) is 0. The van der Waals surface area contributed by atoms with Gasteiger partial charge in [0.25, 0.3) is 6.20 Å². The number of halogens is 1. The van der Waals surface area contributed by atoms with Crippen LogP contribution in [0.5, 0.6) is 0 Å². The van der Waals surface area contributed by atoms with Crippen molar-refractivity contribution in [2.75, 3.05) is 37.1 Å². The molecule has 8 nitrogen and oxygen atoms in total. The second kappa shape index (κ2) is 8.91. The number of hydrogen-bond acceptors (Lipinski definition) is 9. The molecular formula is C17H16ClN5O3S2. The Kier molecular flexibility index (Phi) is 6.10. The molecule has 0 spiro atoms. The number of thiazole rings is 1. The topological polar surface area (TPSA) is 90.7 Å². The zero-order chi connectivity index (χ0) is 19.3. The minimum atomic E-state index is -0.307. The molecule has 1 aliphatic heterocycles. The minimum absolute atomic E-state index is 0.172. The summed E-state index contributed by atoms with van der Waals surface area (Å²) in [5.74, 6) is 0.0443. The highest BCUT2D eigenvalue weighted by molar-refractivity contribution is 8.01. The Hall–Kier alpha value is -2.14. The molecule has 1 aromatic carbocycles. The number of ether oxygens (including phenoxy) is 1. The first kappa shape index (κ1) is 19.2. The van der Waals surface area contributed by atoms with Gasteiger partial charge < -0.3 is 9.84 Å². The number of hydrogen-bond donors (Lipinski definition) is 0. The highest BCUT2D eigenvalue weighted by Crippen LogP contribution is 2.28. The van der Waals surface area contributed by atoms with E-state index >= 15 is 0 Å². The maximum Gasteiger partial charge on any atom is 0.324 e. The summed E-state index contributed by atoms with van der Waals surface area (Å²) in [6.45, 7) is 2.68. The highest BCUT2D eigenvalue weighted by atomic mass is 35.5. The summed E-state index contributed by atoms with van der Waals surface area (Å²) >= 11 is 8.74. The van der Waals surface area contributed by atoms with Crippen LogP contribution in [0.1, 0.15) is 0 Å². The van der Waals surface area contributed by atoms with Crippen LogP contribution in [0.15, 0.2) is 49.7 Å². The van der Waals surface area contributed by atoms with Gasteiger partial charge >= 0.3 is 5.88 Å². The van der Waals surface area contributed by atoms with E-state index in [9.17, 15) is 5.11 Å². The summed E-state index contributed by atoms with van der Waals surface area (Å²) in [6.07, 6.45) is 1.59. The third kappa shape index (κ3) is 4.82. The van der Waals surface area contributed by atoms with Gasteiger partial charge in [-0.15, -0.1) is 16.3 Å². The standard InChI is InChI=1S/C17H16ClN5O3S2/c18-13-3-1-12(2-4-13)14-10-27-17(19-14)28-11-15(24)20-16-9-23(21-26-16)22-5-7-25-8-6-22/h1-4,9-10H,5-8,11H2. The molecule has 11 heteroatoms. The van der Waals surface area contributed by atoms with Gasteiger partial charge in [0.2, 0.25) is 5.27 Å². The lowest BCUT2D eigenvalue weighted by atomic mass is 10.2. The fourth-order valence-corrected chi connectivity index (χ4v) is 4.27. The maximum absolute atomic E-state index is 12.1. The fourth-order valence-electron chi connectivity index (χ4n) is 2.53. The van der Waals surface area contributed by atoms with E-state index in [4.69, 9.17) is 20.9 Å². The van der Waals surface area contributed by atoms with E-state index in [1.165, 1.54) is 23.1 Å². The Morgan fingerprint density at radius 2 is 2.11 bits per heavy atom. The molecule has 0 unspecified atom stereocenters. The lowest BCUT2D eigenvalue weighted by Gasteiger charge is -2.18. The van der Waals surface area contributed by atoms with Gasteiger partial charge in [0.05, 0.1) is 36.8 Å². The Balaban J connectivity index is 1.34. The van der Waals surface area contributed by atoms with Crippen LogP contribution >= 0.6 is 34.7 Å². The van der Waals surface area contributed by atoms with Crippen molar-refractivity contribution in [3.05, 3.63) is 40.9 Å². The van der Waals surface area contributed by atoms with Crippen molar-refractivity contribution in [1.29, 1.82) is 0 Å². The second-order valence-corrected chi connectivity index (χ2v) is 8.34. The van der Waals surface area contributed by atoms with Gasteiger partial charge in [-0.3, -0.25) is 4.52 Å². The summed E-state index contributed by atoms with van der Waals surface area (Å²) < 4.78 is 11.2. The minimum Gasteiger partial charge on any atom is -0.861 e. The molecule has 3 heterocycles. The van der Waals surface area contributed by atoms with Crippen molar-refractivity contribution in [3.8, 4) is 11.3 Å². The van der Waals surface area contributed by atoms with Gasteiger partial charge in [0.1, 0.15) is 0 Å². The Labute approximate surface area is 174 Å². The molecule has 0 radical (unpaired) electrons.